The number of rotatable bonds is 6. The molecule has 18 heavy (non-hydrogen) atoms. The van der Waals surface area contributed by atoms with Gasteiger partial charge in [0.1, 0.15) is 0 Å². The van der Waals surface area contributed by atoms with Crippen molar-refractivity contribution in [2.75, 3.05) is 33.4 Å². The van der Waals surface area contributed by atoms with Crippen molar-refractivity contribution in [2.45, 2.75) is 56.7 Å². The molecule has 2 fully saturated rings. The van der Waals surface area contributed by atoms with Crippen molar-refractivity contribution >= 4 is 0 Å². The monoisotopic (exact) mass is 256 g/mol. The van der Waals surface area contributed by atoms with Crippen molar-refractivity contribution in [3.63, 3.8) is 0 Å². The van der Waals surface area contributed by atoms with Crippen molar-refractivity contribution < 1.29 is 9.84 Å². The van der Waals surface area contributed by atoms with E-state index in [1.807, 2.05) is 7.11 Å². The summed E-state index contributed by atoms with van der Waals surface area (Å²) < 4.78 is 5.43. The summed E-state index contributed by atoms with van der Waals surface area (Å²) in [7, 11) is 1.82. The van der Waals surface area contributed by atoms with Gasteiger partial charge in [-0.1, -0.05) is 0 Å². The summed E-state index contributed by atoms with van der Waals surface area (Å²) in [5, 5.41) is 12.8. The molecule has 0 aromatic heterocycles. The fourth-order valence-electron chi connectivity index (χ4n) is 3.39. The topological polar surface area (TPSA) is 44.7 Å². The first-order valence-electron chi connectivity index (χ1n) is 7.44. The van der Waals surface area contributed by atoms with E-state index in [2.05, 4.69) is 10.2 Å². The van der Waals surface area contributed by atoms with Crippen LogP contribution < -0.4 is 5.32 Å². The summed E-state index contributed by atoms with van der Waals surface area (Å²) in [4.78, 5) is 2.49. The maximum absolute atomic E-state index is 9.25. The predicted octanol–water partition coefficient (Wildman–Crippen LogP) is 0.990. The van der Waals surface area contributed by atoms with Crippen molar-refractivity contribution in [3.8, 4) is 0 Å². The van der Waals surface area contributed by atoms with E-state index in [4.69, 9.17) is 4.74 Å². The van der Waals surface area contributed by atoms with E-state index in [0.29, 0.717) is 18.2 Å². The van der Waals surface area contributed by atoms with Gasteiger partial charge < -0.3 is 15.2 Å². The molecule has 4 nitrogen and oxygen atoms in total. The molecule has 0 aromatic rings. The van der Waals surface area contributed by atoms with Crippen LogP contribution in [0.2, 0.25) is 0 Å². The third-order valence-corrected chi connectivity index (χ3v) is 4.50. The van der Waals surface area contributed by atoms with Crippen molar-refractivity contribution in [3.05, 3.63) is 0 Å². The highest BCUT2D eigenvalue weighted by atomic mass is 16.5. The molecular weight excluding hydrogens is 228 g/mol. The number of aliphatic hydroxyl groups is 1. The van der Waals surface area contributed by atoms with Crippen molar-refractivity contribution in [1.29, 1.82) is 0 Å². The van der Waals surface area contributed by atoms with Crippen LogP contribution in [0.15, 0.2) is 0 Å². The van der Waals surface area contributed by atoms with Crippen LogP contribution in [0.1, 0.15) is 38.5 Å². The van der Waals surface area contributed by atoms with Crippen LogP contribution in [0.25, 0.3) is 0 Å². The standard InChI is InChI=1S/C14H28N2O2/c1-18-14-6-4-13(5-7-14)16(9-10-17)11-12-3-2-8-15-12/h12-15,17H,2-11H2,1H3. The first kappa shape index (κ1) is 14.3. The maximum Gasteiger partial charge on any atom is 0.0572 e. The third-order valence-electron chi connectivity index (χ3n) is 4.50. The number of hydrogen-bond donors (Lipinski definition) is 2. The van der Waals surface area contributed by atoms with E-state index in [1.165, 1.54) is 38.5 Å². The smallest absolute Gasteiger partial charge is 0.0572 e. The molecule has 1 saturated carbocycles. The lowest BCUT2D eigenvalue weighted by Gasteiger charge is -2.37. The van der Waals surface area contributed by atoms with E-state index >= 15 is 0 Å². The quantitative estimate of drug-likeness (QED) is 0.744. The van der Waals surface area contributed by atoms with Gasteiger partial charge in [0, 0.05) is 32.3 Å². The Morgan fingerprint density at radius 2 is 2.00 bits per heavy atom. The lowest BCUT2D eigenvalue weighted by Crippen LogP contribution is -2.46. The van der Waals surface area contributed by atoms with Gasteiger partial charge in [-0.25, -0.2) is 0 Å². The van der Waals surface area contributed by atoms with Crippen molar-refractivity contribution in [1.82, 2.24) is 10.2 Å². The zero-order valence-corrected chi connectivity index (χ0v) is 11.6. The van der Waals surface area contributed by atoms with Gasteiger partial charge in [0.15, 0.2) is 0 Å². The molecule has 0 bridgehead atoms. The average Bonchev–Trinajstić information content (AvgIpc) is 2.91. The maximum atomic E-state index is 9.25. The molecule has 2 rings (SSSR count). The lowest BCUT2D eigenvalue weighted by atomic mass is 9.91. The molecule has 1 unspecified atom stereocenters. The molecule has 1 aliphatic heterocycles. The Balaban J connectivity index is 1.80. The number of nitrogens with zero attached hydrogens (tertiary/aromatic N) is 1. The number of methoxy groups -OCH3 is 1. The predicted molar refractivity (Wildman–Crippen MR) is 72.7 cm³/mol. The van der Waals surface area contributed by atoms with Crippen LogP contribution in [0, 0.1) is 0 Å². The highest BCUT2D eigenvalue weighted by molar-refractivity contribution is 4.84. The van der Waals surface area contributed by atoms with Crippen LogP contribution >= 0.6 is 0 Å². The Labute approximate surface area is 111 Å². The molecule has 0 amide bonds. The fraction of sp³-hybridized carbons (Fsp3) is 1.00. The van der Waals surface area contributed by atoms with E-state index < -0.39 is 0 Å². The van der Waals surface area contributed by atoms with Gasteiger partial charge in [-0.2, -0.15) is 0 Å². The molecule has 0 radical (unpaired) electrons. The number of nitrogens with one attached hydrogen (secondary N) is 1. The van der Waals surface area contributed by atoms with Gasteiger partial charge in [-0.05, 0) is 45.1 Å². The lowest BCUT2D eigenvalue weighted by molar-refractivity contribution is 0.0321. The molecule has 1 aliphatic carbocycles. The zero-order chi connectivity index (χ0) is 12.8. The number of ether oxygens (including phenoxy) is 1. The van der Waals surface area contributed by atoms with Gasteiger partial charge in [-0.15, -0.1) is 0 Å². The minimum Gasteiger partial charge on any atom is -0.395 e. The summed E-state index contributed by atoms with van der Waals surface area (Å²) >= 11 is 0. The largest absolute Gasteiger partial charge is 0.395 e. The summed E-state index contributed by atoms with van der Waals surface area (Å²) in [6, 6.07) is 1.28. The number of hydrogen-bond acceptors (Lipinski definition) is 4. The van der Waals surface area contributed by atoms with Crippen LogP contribution in [-0.2, 0) is 4.74 Å². The van der Waals surface area contributed by atoms with Crippen LogP contribution in [0.3, 0.4) is 0 Å². The Hall–Kier alpha value is -0.160. The highest BCUT2D eigenvalue weighted by Gasteiger charge is 2.27. The van der Waals surface area contributed by atoms with Crippen LogP contribution in [-0.4, -0.2) is 61.5 Å². The second-order valence-electron chi connectivity index (χ2n) is 5.68. The SMILES string of the molecule is COC1CCC(N(CCO)CC2CCCN2)CC1. The molecule has 2 aliphatic rings. The molecule has 4 heteroatoms. The molecule has 0 spiro atoms. The van der Waals surface area contributed by atoms with E-state index in [-0.39, 0.29) is 6.61 Å². The van der Waals surface area contributed by atoms with Gasteiger partial charge in [-0.3, -0.25) is 4.90 Å². The normalized spacial score (nSPS) is 33.2. The van der Waals surface area contributed by atoms with E-state index in [0.717, 1.165) is 19.6 Å². The molecule has 1 heterocycles. The Morgan fingerprint density at radius 3 is 2.56 bits per heavy atom. The minimum absolute atomic E-state index is 0.275. The summed E-state index contributed by atoms with van der Waals surface area (Å²) in [5.41, 5.74) is 0. The van der Waals surface area contributed by atoms with Gasteiger partial charge in [0.25, 0.3) is 0 Å². The molecule has 0 aromatic carbocycles. The Morgan fingerprint density at radius 1 is 1.22 bits per heavy atom. The Bertz CT molecular complexity index is 224. The summed E-state index contributed by atoms with van der Waals surface area (Å²) in [5.74, 6) is 0. The van der Waals surface area contributed by atoms with Gasteiger partial charge in [0.2, 0.25) is 0 Å². The molecular formula is C14H28N2O2. The molecule has 106 valence electrons. The fourth-order valence-corrected chi connectivity index (χ4v) is 3.39. The zero-order valence-electron chi connectivity index (χ0n) is 11.6. The van der Waals surface area contributed by atoms with E-state index in [9.17, 15) is 5.11 Å². The highest BCUT2D eigenvalue weighted by Crippen LogP contribution is 2.25. The second-order valence-corrected chi connectivity index (χ2v) is 5.68. The Kier molecular flexibility index (Phi) is 5.89. The first-order chi connectivity index (χ1) is 8.83. The summed E-state index contributed by atoms with van der Waals surface area (Å²) in [6.07, 6.45) is 7.81. The van der Waals surface area contributed by atoms with Gasteiger partial charge >= 0.3 is 0 Å². The van der Waals surface area contributed by atoms with Gasteiger partial charge in [0.05, 0.1) is 12.7 Å². The molecule has 1 atom stereocenters. The summed E-state index contributed by atoms with van der Waals surface area (Å²) in [6.45, 7) is 3.36. The van der Waals surface area contributed by atoms with E-state index in [1.54, 1.807) is 0 Å². The second kappa shape index (κ2) is 7.43. The molecule has 2 N–H and O–H groups in total. The third kappa shape index (κ3) is 3.92. The van der Waals surface area contributed by atoms with Crippen LogP contribution in [0.4, 0.5) is 0 Å². The minimum atomic E-state index is 0.275. The van der Waals surface area contributed by atoms with Crippen molar-refractivity contribution in [2.24, 2.45) is 0 Å². The van der Waals surface area contributed by atoms with Crippen LogP contribution in [0.5, 0.6) is 0 Å². The first-order valence-corrected chi connectivity index (χ1v) is 7.44. The average molecular weight is 256 g/mol. The molecule has 1 saturated heterocycles. The number of aliphatic hydroxyl groups excluding tert-OH is 1.